The van der Waals surface area contributed by atoms with Crippen molar-refractivity contribution in [1.82, 2.24) is 0 Å². The lowest BCUT2D eigenvalue weighted by molar-refractivity contribution is -0.261. The minimum atomic E-state index is -1.04. The minimum absolute atomic E-state index is 0.142. The van der Waals surface area contributed by atoms with Crippen LogP contribution in [0.1, 0.15) is 12.0 Å². The highest BCUT2D eigenvalue weighted by atomic mass is 16.6. The molecule has 0 radical (unpaired) electrons. The van der Waals surface area contributed by atoms with Crippen molar-refractivity contribution < 1.29 is 34.3 Å². The summed E-state index contributed by atoms with van der Waals surface area (Å²) in [6.07, 6.45) is -4.62. The molecule has 0 amide bonds. The zero-order valence-electron chi connectivity index (χ0n) is 13.9. The Kier molecular flexibility index (Phi) is 7.57. The molecule has 1 aromatic rings. The average molecular weight is 342 g/mol. The van der Waals surface area contributed by atoms with E-state index in [2.05, 4.69) is 0 Å². The zero-order valence-corrected chi connectivity index (χ0v) is 13.9. The molecular weight excluding hydrogens is 316 g/mol. The second-order valence-electron chi connectivity index (χ2n) is 5.77. The normalized spacial score (nSPS) is 31.8. The van der Waals surface area contributed by atoms with Crippen LogP contribution in [0.2, 0.25) is 0 Å². The Morgan fingerprint density at radius 3 is 2.42 bits per heavy atom. The van der Waals surface area contributed by atoms with Gasteiger partial charge in [-0.05, 0) is 5.56 Å². The van der Waals surface area contributed by atoms with Crippen LogP contribution >= 0.6 is 0 Å². The van der Waals surface area contributed by atoms with Gasteiger partial charge in [0.05, 0.1) is 19.3 Å². The van der Waals surface area contributed by atoms with Crippen LogP contribution in [-0.2, 0) is 25.6 Å². The molecule has 1 aromatic carbocycles. The monoisotopic (exact) mass is 342 g/mol. The van der Waals surface area contributed by atoms with Gasteiger partial charge in [0.25, 0.3) is 0 Å². The van der Waals surface area contributed by atoms with Gasteiger partial charge in [0.1, 0.15) is 24.4 Å². The van der Waals surface area contributed by atoms with E-state index in [4.69, 9.17) is 18.9 Å². The summed E-state index contributed by atoms with van der Waals surface area (Å²) < 4.78 is 21.9. The third-order valence-corrected chi connectivity index (χ3v) is 4.20. The topological polar surface area (TPSA) is 97.6 Å². The molecule has 1 aliphatic heterocycles. The van der Waals surface area contributed by atoms with E-state index >= 15 is 0 Å². The number of rotatable bonds is 8. The Bertz CT molecular complexity index is 469. The van der Waals surface area contributed by atoms with Gasteiger partial charge in [0.15, 0.2) is 6.29 Å². The fourth-order valence-corrected chi connectivity index (χ4v) is 2.88. The molecule has 1 saturated heterocycles. The van der Waals surface area contributed by atoms with E-state index in [-0.39, 0.29) is 13.0 Å². The number of benzene rings is 1. The zero-order chi connectivity index (χ0) is 17.5. The Morgan fingerprint density at radius 1 is 1.12 bits per heavy atom. The highest BCUT2D eigenvalue weighted by Crippen LogP contribution is 2.28. The van der Waals surface area contributed by atoms with Crippen LogP contribution in [-0.4, -0.2) is 73.0 Å². The highest BCUT2D eigenvalue weighted by molar-refractivity contribution is 5.13. The molecule has 0 aromatic heterocycles. The number of hydrogen-bond donors (Lipinski definition) is 3. The number of methoxy groups -OCH3 is 2. The summed E-state index contributed by atoms with van der Waals surface area (Å²) in [5, 5.41) is 29.6. The molecule has 136 valence electrons. The van der Waals surface area contributed by atoms with Crippen LogP contribution in [0.15, 0.2) is 30.3 Å². The van der Waals surface area contributed by atoms with Gasteiger partial charge in [-0.25, -0.2) is 0 Å². The van der Waals surface area contributed by atoms with Crippen molar-refractivity contribution in [1.29, 1.82) is 0 Å². The molecule has 1 heterocycles. The molecule has 0 saturated carbocycles. The van der Waals surface area contributed by atoms with E-state index in [0.717, 1.165) is 5.56 Å². The summed E-state index contributed by atoms with van der Waals surface area (Å²) in [5.41, 5.74) is 0.958. The lowest BCUT2D eigenvalue weighted by Gasteiger charge is -2.44. The van der Waals surface area contributed by atoms with Crippen LogP contribution < -0.4 is 0 Å². The molecule has 1 unspecified atom stereocenters. The molecule has 1 fully saturated rings. The molecule has 1 aliphatic rings. The van der Waals surface area contributed by atoms with E-state index < -0.39 is 36.8 Å². The standard InChI is InChI=1S/C17H26O7/c1-21-14(19)8-12-16(22-2)17(15(20)13(9-18)24-12)23-10-11-6-4-3-5-7-11/h3-7,12-20H,8-10H2,1-2H3/t12-,13-,14?,15+,16-,17-/m0/s1. The fraction of sp³-hybridized carbons (Fsp3) is 0.647. The van der Waals surface area contributed by atoms with Gasteiger partial charge < -0.3 is 34.3 Å². The molecule has 24 heavy (non-hydrogen) atoms. The molecule has 7 nitrogen and oxygen atoms in total. The van der Waals surface area contributed by atoms with Gasteiger partial charge in [-0.3, -0.25) is 0 Å². The smallest absolute Gasteiger partial charge is 0.156 e. The van der Waals surface area contributed by atoms with Crippen LogP contribution in [0.25, 0.3) is 0 Å². The molecule has 0 aliphatic carbocycles. The van der Waals surface area contributed by atoms with Gasteiger partial charge in [0, 0.05) is 20.6 Å². The Hall–Kier alpha value is -1.06. The first-order chi connectivity index (χ1) is 11.6. The summed E-state index contributed by atoms with van der Waals surface area (Å²) in [6.45, 7) is -0.0670. The maximum Gasteiger partial charge on any atom is 0.156 e. The molecular formula is C17H26O7. The van der Waals surface area contributed by atoms with Crippen molar-refractivity contribution in [3.63, 3.8) is 0 Å². The third-order valence-electron chi connectivity index (χ3n) is 4.20. The number of ether oxygens (including phenoxy) is 4. The molecule has 7 heteroatoms. The lowest BCUT2D eigenvalue weighted by atomic mass is 9.93. The summed E-state index contributed by atoms with van der Waals surface area (Å²) >= 11 is 0. The predicted octanol–water partition coefficient (Wildman–Crippen LogP) is 0.0623. The predicted molar refractivity (Wildman–Crippen MR) is 85.2 cm³/mol. The van der Waals surface area contributed by atoms with Crippen molar-refractivity contribution in [2.75, 3.05) is 20.8 Å². The first-order valence-electron chi connectivity index (χ1n) is 7.94. The van der Waals surface area contributed by atoms with E-state index in [1.165, 1.54) is 14.2 Å². The lowest BCUT2D eigenvalue weighted by Crippen LogP contribution is -2.60. The van der Waals surface area contributed by atoms with Crippen LogP contribution in [0.3, 0.4) is 0 Å². The SMILES string of the molecule is COC(O)C[C@@H]1O[C@@H](CO)[C@@H](O)[C@H](OCc2ccccc2)[C@H]1OC. The largest absolute Gasteiger partial charge is 0.394 e. The minimum Gasteiger partial charge on any atom is -0.394 e. The van der Waals surface area contributed by atoms with E-state index in [0.29, 0.717) is 6.61 Å². The molecule has 2 rings (SSSR count). The van der Waals surface area contributed by atoms with Crippen LogP contribution in [0.4, 0.5) is 0 Å². The van der Waals surface area contributed by atoms with Crippen molar-refractivity contribution in [3.8, 4) is 0 Å². The van der Waals surface area contributed by atoms with E-state index in [1.54, 1.807) is 0 Å². The van der Waals surface area contributed by atoms with Gasteiger partial charge in [-0.2, -0.15) is 0 Å². The van der Waals surface area contributed by atoms with Crippen molar-refractivity contribution in [2.24, 2.45) is 0 Å². The van der Waals surface area contributed by atoms with Gasteiger partial charge in [0.2, 0.25) is 0 Å². The van der Waals surface area contributed by atoms with E-state index in [1.807, 2.05) is 30.3 Å². The van der Waals surface area contributed by atoms with E-state index in [9.17, 15) is 15.3 Å². The Labute approximate surface area is 141 Å². The Balaban J connectivity index is 2.10. The quantitative estimate of drug-likeness (QED) is 0.575. The summed E-state index contributed by atoms with van der Waals surface area (Å²) in [7, 11) is 2.88. The fourth-order valence-electron chi connectivity index (χ4n) is 2.88. The van der Waals surface area contributed by atoms with Crippen molar-refractivity contribution in [3.05, 3.63) is 35.9 Å². The van der Waals surface area contributed by atoms with Crippen molar-refractivity contribution in [2.45, 2.75) is 49.8 Å². The third kappa shape index (κ3) is 4.73. The Morgan fingerprint density at radius 2 is 1.83 bits per heavy atom. The maximum atomic E-state index is 10.4. The second kappa shape index (κ2) is 9.43. The molecule has 6 atom stereocenters. The van der Waals surface area contributed by atoms with Crippen LogP contribution in [0.5, 0.6) is 0 Å². The first-order valence-corrected chi connectivity index (χ1v) is 7.94. The molecule has 3 N–H and O–H groups in total. The van der Waals surface area contributed by atoms with Gasteiger partial charge in [-0.15, -0.1) is 0 Å². The van der Waals surface area contributed by atoms with Gasteiger partial charge >= 0.3 is 0 Å². The first kappa shape index (κ1) is 19.3. The second-order valence-corrected chi connectivity index (χ2v) is 5.77. The summed E-state index contributed by atoms with van der Waals surface area (Å²) in [4.78, 5) is 0. The number of hydrogen-bond acceptors (Lipinski definition) is 7. The summed E-state index contributed by atoms with van der Waals surface area (Å²) in [6, 6.07) is 9.56. The average Bonchev–Trinajstić information content (AvgIpc) is 2.62. The highest BCUT2D eigenvalue weighted by Gasteiger charge is 2.46. The maximum absolute atomic E-state index is 10.4. The number of aliphatic hydroxyl groups excluding tert-OH is 3. The molecule has 0 bridgehead atoms. The molecule has 0 spiro atoms. The van der Waals surface area contributed by atoms with Gasteiger partial charge in [-0.1, -0.05) is 30.3 Å². The van der Waals surface area contributed by atoms with Crippen LogP contribution in [0, 0.1) is 0 Å². The number of aliphatic hydroxyl groups is 3. The van der Waals surface area contributed by atoms with Crippen molar-refractivity contribution >= 4 is 0 Å². The summed E-state index contributed by atoms with van der Waals surface area (Å²) in [5.74, 6) is 0.